The third kappa shape index (κ3) is 2.66. The molecule has 0 bridgehead atoms. The molecular weight excluding hydrogens is 292 g/mol. The van der Waals surface area contributed by atoms with Gasteiger partial charge < -0.3 is 0 Å². The minimum Gasteiger partial charge on any atom is -0.0624 e. The molecule has 0 saturated heterocycles. The highest BCUT2D eigenvalue weighted by atomic mass is 28.3. The molecule has 0 aromatic heterocycles. The van der Waals surface area contributed by atoms with Gasteiger partial charge in [0.05, 0.1) is 0 Å². The first-order valence-corrected chi connectivity index (χ1v) is 10.2. The molecule has 23 heavy (non-hydrogen) atoms. The fourth-order valence-electron chi connectivity index (χ4n) is 3.86. The van der Waals surface area contributed by atoms with Gasteiger partial charge in [-0.15, -0.1) is 0 Å². The summed E-state index contributed by atoms with van der Waals surface area (Å²) in [6, 6.07) is 33.3. The van der Waals surface area contributed by atoms with Crippen LogP contribution in [0.15, 0.2) is 91.0 Å². The molecule has 0 unspecified atom stereocenters. The minimum atomic E-state index is -2.13. The Morgan fingerprint density at radius 1 is 0.478 bits per heavy atom. The Balaban J connectivity index is 2.41. The quantitative estimate of drug-likeness (QED) is 0.507. The molecule has 0 saturated carbocycles. The second-order valence-corrected chi connectivity index (χ2v) is 11.8. The van der Waals surface area contributed by atoms with Crippen molar-refractivity contribution in [1.82, 2.24) is 0 Å². The van der Waals surface area contributed by atoms with Gasteiger partial charge in [-0.25, -0.2) is 0 Å². The van der Waals surface area contributed by atoms with Crippen molar-refractivity contribution >= 4 is 23.6 Å². The predicted molar refractivity (Wildman–Crippen MR) is 104 cm³/mol. The molecule has 0 aliphatic rings. The molecule has 0 radical (unpaired) electrons. The van der Waals surface area contributed by atoms with E-state index >= 15 is 0 Å². The van der Waals surface area contributed by atoms with Crippen LogP contribution in [0.1, 0.15) is 20.8 Å². The van der Waals surface area contributed by atoms with Crippen molar-refractivity contribution in [2.45, 2.75) is 25.8 Å². The Bertz CT molecular complexity index is 644. The van der Waals surface area contributed by atoms with Gasteiger partial charge in [0.15, 0.2) is 8.07 Å². The summed E-state index contributed by atoms with van der Waals surface area (Å²) in [5, 5.41) is 4.59. The lowest BCUT2D eigenvalue weighted by atomic mass is 10.2. The van der Waals surface area contributed by atoms with Crippen LogP contribution in [0.2, 0.25) is 5.04 Å². The summed E-state index contributed by atoms with van der Waals surface area (Å²) in [6.07, 6.45) is 0. The minimum absolute atomic E-state index is 0.164. The molecule has 0 atom stereocenters. The van der Waals surface area contributed by atoms with Crippen LogP contribution in [0.25, 0.3) is 0 Å². The average molecular weight is 317 g/mol. The zero-order valence-corrected chi connectivity index (χ0v) is 15.2. The van der Waals surface area contributed by atoms with E-state index in [4.69, 9.17) is 0 Å². The van der Waals surface area contributed by atoms with E-state index in [1.54, 1.807) is 0 Å². The fourth-order valence-corrected chi connectivity index (χ4v) is 9.54. The van der Waals surface area contributed by atoms with Crippen molar-refractivity contribution in [3.8, 4) is 0 Å². The van der Waals surface area contributed by atoms with Crippen LogP contribution in [-0.4, -0.2) is 8.07 Å². The number of hydrogen-bond acceptors (Lipinski definition) is 0. The summed E-state index contributed by atoms with van der Waals surface area (Å²) >= 11 is 0. The van der Waals surface area contributed by atoms with E-state index in [9.17, 15) is 0 Å². The van der Waals surface area contributed by atoms with Gasteiger partial charge in [-0.2, -0.15) is 0 Å². The van der Waals surface area contributed by atoms with Crippen LogP contribution in [0.3, 0.4) is 0 Å². The van der Waals surface area contributed by atoms with E-state index in [1.165, 1.54) is 15.6 Å². The average Bonchev–Trinajstić information content (AvgIpc) is 2.57. The maximum atomic E-state index is 2.40. The predicted octanol–water partition coefficient (Wildman–Crippen LogP) is 3.96. The Kier molecular flexibility index (Phi) is 4.23. The van der Waals surface area contributed by atoms with Gasteiger partial charge >= 0.3 is 0 Å². The monoisotopic (exact) mass is 316 g/mol. The number of rotatable bonds is 3. The highest BCUT2D eigenvalue weighted by molar-refractivity contribution is 7.13. The second-order valence-electron chi connectivity index (χ2n) is 7.10. The van der Waals surface area contributed by atoms with E-state index in [-0.39, 0.29) is 5.04 Å². The first kappa shape index (κ1) is 15.8. The van der Waals surface area contributed by atoms with Crippen molar-refractivity contribution < 1.29 is 0 Å². The Hall–Kier alpha value is -2.12. The van der Waals surface area contributed by atoms with Crippen molar-refractivity contribution in [3.05, 3.63) is 91.0 Å². The molecule has 3 aromatic carbocycles. The van der Waals surface area contributed by atoms with Crippen LogP contribution in [0, 0.1) is 0 Å². The molecule has 1 heteroatoms. The summed E-state index contributed by atoms with van der Waals surface area (Å²) in [6.45, 7) is 7.19. The zero-order chi connectivity index (χ0) is 16.3. The van der Waals surface area contributed by atoms with E-state index < -0.39 is 8.07 Å². The van der Waals surface area contributed by atoms with Crippen molar-refractivity contribution in [1.29, 1.82) is 0 Å². The molecule has 0 heterocycles. The number of benzene rings is 3. The lowest BCUT2D eigenvalue weighted by molar-refractivity contribution is 0.739. The largest absolute Gasteiger partial charge is 0.153 e. The molecule has 0 aliphatic heterocycles. The van der Waals surface area contributed by atoms with Crippen LogP contribution in [-0.2, 0) is 0 Å². The van der Waals surface area contributed by atoms with Gasteiger partial charge in [0, 0.05) is 0 Å². The molecular formula is C22H24Si. The first-order chi connectivity index (χ1) is 11.1. The SMILES string of the molecule is CC(C)(C)[Si](c1ccccc1)(c1ccccc1)c1ccccc1. The standard InChI is InChI=1S/C22H24Si/c1-22(2,3)23(19-13-7-4-8-14-19,20-15-9-5-10-16-20)21-17-11-6-12-18-21/h4-18H,1-3H3. The maximum Gasteiger partial charge on any atom is 0.153 e. The van der Waals surface area contributed by atoms with E-state index in [1.807, 2.05) is 0 Å². The smallest absolute Gasteiger partial charge is 0.0624 e. The molecule has 0 nitrogen and oxygen atoms in total. The summed E-state index contributed by atoms with van der Waals surface area (Å²) in [4.78, 5) is 0. The van der Waals surface area contributed by atoms with E-state index in [2.05, 4.69) is 112 Å². The van der Waals surface area contributed by atoms with Crippen LogP contribution in [0.5, 0.6) is 0 Å². The molecule has 116 valence electrons. The van der Waals surface area contributed by atoms with Crippen LogP contribution >= 0.6 is 0 Å². The Labute approximate surface area is 140 Å². The summed E-state index contributed by atoms with van der Waals surface area (Å²) < 4.78 is 0. The lowest BCUT2D eigenvalue weighted by Gasteiger charge is -2.44. The van der Waals surface area contributed by atoms with Gasteiger partial charge in [-0.1, -0.05) is 112 Å². The summed E-state index contributed by atoms with van der Waals surface area (Å²) in [7, 11) is -2.13. The highest BCUT2D eigenvalue weighted by Gasteiger charge is 2.48. The topological polar surface area (TPSA) is 0 Å². The molecule has 0 aliphatic carbocycles. The maximum absolute atomic E-state index is 2.40. The zero-order valence-electron chi connectivity index (χ0n) is 14.2. The lowest BCUT2D eigenvalue weighted by Crippen LogP contribution is -2.72. The third-order valence-electron chi connectivity index (χ3n) is 4.75. The van der Waals surface area contributed by atoms with E-state index in [0.717, 1.165) is 0 Å². The molecule has 0 spiro atoms. The summed E-state index contributed by atoms with van der Waals surface area (Å²) in [5.41, 5.74) is 0. The van der Waals surface area contributed by atoms with E-state index in [0.29, 0.717) is 0 Å². The Morgan fingerprint density at radius 2 is 0.739 bits per heavy atom. The highest BCUT2D eigenvalue weighted by Crippen LogP contribution is 2.35. The molecule has 3 rings (SSSR count). The first-order valence-electron chi connectivity index (χ1n) is 8.23. The van der Waals surface area contributed by atoms with Crippen LogP contribution in [0.4, 0.5) is 0 Å². The number of hydrogen-bond donors (Lipinski definition) is 0. The van der Waals surface area contributed by atoms with Gasteiger partial charge in [0.25, 0.3) is 0 Å². The molecule has 0 fully saturated rings. The molecule has 0 N–H and O–H groups in total. The van der Waals surface area contributed by atoms with Gasteiger partial charge in [-0.05, 0) is 20.6 Å². The molecule has 3 aromatic rings. The molecule has 0 amide bonds. The van der Waals surface area contributed by atoms with Crippen molar-refractivity contribution in [2.24, 2.45) is 0 Å². The second kappa shape index (κ2) is 6.17. The van der Waals surface area contributed by atoms with Crippen LogP contribution < -0.4 is 15.6 Å². The summed E-state index contributed by atoms with van der Waals surface area (Å²) in [5.74, 6) is 0. The van der Waals surface area contributed by atoms with Gasteiger partial charge in [-0.3, -0.25) is 0 Å². The van der Waals surface area contributed by atoms with Gasteiger partial charge in [0.1, 0.15) is 0 Å². The van der Waals surface area contributed by atoms with Gasteiger partial charge in [0.2, 0.25) is 0 Å². The third-order valence-corrected chi connectivity index (χ3v) is 10.6. The van der Waals surface area contributed by atoms with Crippen molar-refractivity contribution in [3.63, 3.8) is 0 Å². The Morgan fingerprint density at radius 3 is 0.957 bits per heavy atom. The fraction of sp³-hybridized carbons (Fsp3) is 0.182. The normalized spacial score (nSPS) is 12.1. The van der Waals surface area contributed by atoms with Crippen molar-refractivity contribution in [2.75, 3.05) is 0 Å².